The highest BCUT2D eigenvalue weighted by molar-refractivity contribution is 7.91. The molecule has 3 rings (SSSR count). The topological polar surface area (TPSA) is 57.7 Å². The van der Waals surface area contributed by atoms with Crippen LogP contribution in [-0.2, 0) is 21.2 Å². The molecule has 0 saturated carbocycles. The monoisotopic (exact) mass is 420 g/mol. The van der Waals surface area contributed by atoms with Gasteiger partial charge < -0.3 is 4.90 Å². The van der Waals surface area contributed by atoms with E-state index in [2.05, 4.69) is 4.90 Å². The van der Waals surface area contributed by atoms with Gasteiger partial charge >= 0.3 is 0 Å². The lowest BCUT2D eigenvalue weighted by Gasteiger charge is -2.34. The summed E-state index contributed by atoms with van der Waals surface area (Å²) in [7, 11) is -3.44. The van der Waals surface area contributed by atoms with Crippen molar-refractivity contribution in [2.75, 3.05) is 31.9 Å². The Morgan fingerprint density at radius 1 is 1.04 bits per heavy atom. The van der Waals surface area contributed by atoms with Crippen LogP contribution < -0.4 is 0 Å². The van der Waals surface area contributed by atoms with Gasteiger partial charge in [0.2, 0.25) is 5.91 Å². The predicted octanol–water partition coefficient (Wildman–Crippen LogP) is 3.16. The van der Waals surface area contributed by atoms with E-state index >= 15 is 0 Å². The number of carbonyl (C=O) groups excluding carboxylic acids is 1. The quantitative estimate of drug-likeness (QED) is 0.720. The molecule has 0 spiro atoms. The fraction of sp³-hybridized carbons (Fsp3) is 0.381. The summed E-state index contributed by atoms with van der Waals surface area (Å²) in [5, 5.41) is 0.723. The van der Waals surface area contributed by atoms with Gasteiger partial charge in [-0.05, 0) is 36.8 Å². The molecule has 2 aromatic carbocycles. The van der Waals surface area contributed by atoms with E-state index in [1.165, 1.54) is 0 Å². The van der Waals surface area contributed by atoms with Crippen LogP contribution in [0.25, 0.3) is 0 Å². The van der Waals surface area contributed by atoms with Crippen LogP contribution >= 0.6 is 11.6 Å². The standard InChI is InChI=1S/C21H25ClN2O3S/c1-17-5-7-20(8-6-17)28(26,27)14-9-21(25)24-12-10-23(11-13-24)16-18-3-2-4-19(22)15-18/h2-8,15H,9-14,16H2,1H3. The Morgan fingerprint density at radius 3 is 2.36 bits per heavy atom. The lowest BCUT2D eigenvalue weighted by atomic mass is 10.2. The van der Waals surface area contributed by atoms with Crippen LogP contribution in [0.1, 0.15) is 17.5 Å². The van der Waals surface area contributed by atoms with Crippen molar-refractivity contribution in [1.29, 1.82) is 0 Å². The van der Waals surface area contributed by atoms with Gasteiger partial charge in [0, 0.05) is 44.2 Å². The van der Waals surface area contributed by atoms with Crippen molar-refractivity contribution < 1.29 is 13.2 Å². The van der Waals surface area contributed by atoms with Crippen molar-refractivity contribution in [3.05, 3.63) is 64.7 Å². The summed E-state index contributed by atoms with van der Waals surface area (Å²) in [6.45, 7) is 5.47. The average molecular weight is 421 g/mol. The Bertz CT molecular complexity index is 921. The molecule has 150 valence electrons. The van der Waals surface area contributed by atoms with E-state index < -0.39 is 9.84 Å². The second-order valence-electron chi connectivity index (χ2n) is 7.17. The Balaban J connectivity index is 1.48. The summed E-state index contributed by atoms with van der Waals surface area (Å²) in [6.07, 6.45) is 0.0184. The molecule has 0 bridgehead atoms. The average Bonchev–Trinajstić information content (AvgIpc) is 2.67. The number of rotatable bonds is 6. The first-order valence-electron chi connectivity index (χ1n) is 9.37. The van der Waals surface area contributed by atoms with Gasteiger partial charge in [-0.15, -0.1) is 0 Å². The molecule has 2 aromatic rings. The number of aryl methyl sites for hydroxylation is 1. The van der Waals surface area contributed by atoms with Gasteiger partial charge in [-0.1, -0.05) is 41.4 Å². The number of carbonyl (C=O) groups is 1. The Kier molecular flexibility index (Phi) is 6.75. The van der Waals surface area contributed by atoms with E-state index in [9.17, 15) is 13.2 Å². The first kappa shape index (κ1) is 20.8. The minimum atomic E-state index is -3.44. The van der Waals surface area contributed by atoms with E-state index in [0.717, 1.165) is 35.8 Å². The van der Waals surface area contributed by atoms with Gasteiger partial charge in [0.25, 0.3) is 0 Å². The van der Waals surface area contributed by atoms with Gasteiger partial charge in [0.05, 0.1) is 10.6 Å². The van der Waals surface area contributed by atoms with Crippen molar-refractivity contribution >= 4 is 27.3 Å². The van der Waals surface area contributed by atoms with E-state index in [1.54, 1.807) is 29.2 Å². The Labute approximate surface area is 171 Å². The maximum absolute atomic E-state index is 12.5. The summed E-state index contributed by atoms with van der Waals surface area (Å²) in [5.41, 5.74) is 2.15. The highest BCUT2D eigenvalue weighted by atomic mass is 35.5. The molecule has 0 N–H and O–H groups in total. The van der Waals surface area contributed by atoms with E-state index in [1.807, 2.05) is 31.2 Å². The third kappa shape index (κ3) is 5.56. The maximum atomic E-state index is 12.5. The van der Waals surface area contributed by atoms with Crippen molar-refractivity contribution in [3.8, 4) is 0 Å². The minimum Gasteiger partial charge on any atom is -0.340 e. The largest absolute Gasteiger partial charge is 0.340 e. The van der Waals surface area contributed by atoms with E-state index in [0.29, 0.717) is 13.1 Å². The van der Waals surface area contributed by atoms with Crippen LogP contribution in [0, 0.1) is 6.92 Å². The van der Waals surface area contributed by atoms with Crippen molar-refractivity contribution in [1.82, 2.24) is 9.80 Å². The molecule has 1 heterocycles. The van der Waals surface area contributed by atoms with E-state index in [4.69, 9.17) is 11.6 Å². The summed E-state index contributed by atoms with van der Waals surface area (Å²) in [5.74, 6) is -0.254. The van der Waals surface area contributed by atoms with Crippen LogP contribution in [0.2, 0.25) is 5.02 Å². The number of hydrogen-bond acceptors (Lipinski definition) is 4. The molecule has 1 amide bonds. The number of halogens is 1. The van der Waals surface area contributed by atoms with Crippen LogP contribution in [0.3, 0.4) is 0 Å². The Hall–Kier alpha value is -1.89. The number of piperazine rings is 1. The molecule has 0 atom stereocenters. The third-order valence-corrected chi connectivity index (χ3v) is 6.95. The van der Waals surface area contributed by atoms with Gasteiger partial charge in [-0.2, -0.15) is 0 Å². The smallest absolute Gasteiger partial charge is 0.223 e. The number of hydrogen-bond donors (Lipinski definition) is 0. The number of sulfone groups is 1. The molecular formula is C21H25ClN2O3S. The summed E-state index contributed by atoms with van der Waals surface area (Å²) in [6, 6.07) is 14.5. The molecule has 28 heavy (non-hydrogen) atoms. The minimum absolute atomic E-state index is 0.0184. The second kappa shape index (κ2) is 9.07. The van der Waals surface area contributed by atoms with Crippen molar-refractivity contribution in [2.45, 2.75) is 24.8 Å². The molecular weight excluding hydrogens is 396 g/mol. The van der Waals surface area contributed by atoms with Crippen molar-refractivity contribution in [3.63, 3.8) is 0 Å². The lowest BCUT2D eigenvalue weighted by Crippen LogP contribution is -2.48. The molecule has 0 aliphatic carbocycles. The predicted molar refractivity (Wildman–Crippen MR) is 111 cm³/mol. The van der Waals surface area contributed by atoms with Crippen LogP contribution in [0.4, 0.5) is 0 Å². The molecule has 0 unspecified atom stereocenters. The van der Waals surface area contributed by atoms with Gasteiger partial charge in [-0.3, -0.25) is 9.69 Å². The zero-order valence-corrected chi connectivity index (χ0v) is 17.5. The maximum Gasteiger partial charge on any atom is 0.223 e. The zero-order valence-electron chi connectivity index (χ0n) is 16.0. The normalized spacial score (nSPS) is 15.6. The molecule has 1 fully saturated rings. The summed E-state index contributed by atoms with van der Waals surface area (Å²) < 4.78 is 24.8. The van der Waals surface area contributed by atoms with Crippen LogP contribution in [-0.4, -0.2) is 56.1 Å². The molecule has 5 nitrogen and oxygen atoms in total. The zero-order chi connectivity index (χ0) is 20.1. The van der Waals surface area contributed by atoms with Crippen LogP contribution in [0.15, 0.2) is 53.4 Å². The summed E-state index contributed by atoms with van der Waals surface area (Å²) in [4.78, 5) is 16.8. The van der Waals surface area contributed by atoms with Gasteiger partial charge in [0.15, 0.2) is 9.84 Å². The molecule has 1 saturated heterocycles. The molecule has 1 aliphatic heterocycles. The Morgan fingerprint density at radius 2 is 1.71 bits per heavy atom. The van der Waals surface area contributed by atoms with Gasteiger partial charge in [-0.25, -0.2) is 8.42 Å². The van der Waals surface area contributed by atoms with Gasteiger partial charge in [0.1, 0.15) is 0 Å². The molecule has 0 aromatic heterocycles. The molecule has 1 aliphatic rings. The second-order valence-corrected chi connectivity index (χ2v) is 9.71. The number of amides is 1. The number of benzene rings is 2. The number of nitrogens with zero attached hydrogens (tertiary/aromatic N) is 2. The fourth-order valence-corrected chi connectivity index (χ4v) is 4.73. The SMILES string of the molecule is Cc1ccc(S(=O)(=O)CCC(=O)N2CCN(Cc3cccc(Cl)c3)CC2)cc1. The van der Waals surface area contributed by atoms with E-state index in [-0.39, 0.29) is 23.0 Å². The lowest BCUT2D eigenvalue weighted by molar-refractivity contribution is -0.132. The first-order chi connectivity index (χ1) is 13.3. The highest BCUT2D eigenvalue weighted by Crippen LogP contribution is 2.16. The highest BCUT2D eigenvalue weighted by Gasteiger charge is 2.23. The first-order valence-corrected chi connectivity index (χ1v) is 11.4. The fourth-order valence-electron chi connectivity index (χ4n) is 3.29. The molecule has 0 radical (unpaired) electrons. The van der Waals surface area contributed by atoms with Crippen LogP contribution in [0.5, 0.6) is 0 Å². The molecule has 7 heteroatoms. The summed E-state index contributed by atoms with van der Waals surface area (Å²) >= 11 is 6.03. The third-order valence-electron chi connectivity index (χ3n) is 4.98. The van der Waals surface area contributed by atoms with Crippen molar-refractivity contribution in [2.24, 2.45) is 0 Å².